The maximum Gasteiger partial charge on any atom is 0.232 e. The number of aromatic nitrogens is 3. The summed E-state index contributed by atoms with van der Waals surface area (Å²) < 4.78 is 5.26. The maximum absolute atomic E-state index is 5.26. The molecule has 0 saturated heterocycles. The SMILES string of the molecule is [c]1nc(OCc2nccs2)c[nH]1. The second-order valence-corrected chi connectivity index (χ2v) is 3.04. The van der Waals surface area contributed by atoms with Crippen molar-refractivity contribution in [2.75, 3.05) is 0 Å². The zero-order chi connectivity index (χ0) is 8.23. The molecule has 0 aliphatic heterocycles. The van der Waals surface area contributed by atoms with Crippen molar-refractivity contribution in [1.29, 1.82) is 0 Å². The van der Waals surface area contributed by atoms with Crippen LogP contribution in [-0.4, -0.2) is 15.0 Å². The summed E-state index contributed by atoms with van der Waals surface area (Å²) in [6.45, 7) is 0.469. The lowest BCUT2D eigenvalue weighted by Crippen LogP contribution is -1.93. The molecule has 4 nitrogen and oxygen atoms in total. The van der Waals surface area contributed by atoms with Crippen LogP contribution in [0.1, 0.15) is 5.01 Å². The molecule has 2 aromatic rings. The van der Waals surface area contributed by atoms with E-state index in [2.05, 4.69) is 21.3 Å². The van der Waals surface area contributed by atoms with Crippen LogP contribution in [0, 0.1) is 6.33 Å². The van der Waals surface area contributed by atoms with Gasteiger partial charge in [-0.2, -0.15) is 4.98 Å². The average molecular weight is 180 g/mol. The number of thiazole rings is 1. The standard InChI is InChI=1S/C7H6N3OS/c1-2-12-7(9-1)4-11-6-3-8-5-10-6/h1-3H,4H2,(H,8,10). The molecule has 0 saturated carbocycles. The zero-order valence-corrected chi connectivity index (χ0v) is 6.97. The third-order valence-corrected chi connectivity index (χ3v) is 2.01. The molecule has 0 atom stereocenters. The summed E-state index contributed by atoms with van der Waals surface area (Å²) in [7, 11) is 0. The minimum Gasteiger partial charge on any atom is -0.469 e. The Morgan fingerprint density at radius 1 is 1.67 bits per heavy atom. The van der Waals surface area contributed by atoms with Gasteiger partial charge in [0.15, 0.2) is 6.33 Å². The quantitative estimate of drug-likeness (QED) is 0.773. The van der Waals surface area contributed by atoms with Gasteiger partial charge in [0.2, 0.25) is 5.88 Å². The van der Waals surface area contributed by atoms with Crippen molar-refractivity contribution >= 4 is 11.3 Å². The molecule has 0 aromatic carbocycles. The van der Waals surface area contributed by atoms with Gasteiger partial charge in [-0.25, -0.2) is 4.98 Å². The van der Waals surface area contributed by atoms with E-state index >= 15 is 0 Å². The molecule has 2 aromatic heterocycles. The van der Waals surface area contributed by atoms with E-state index in [4.69, 9.17) is 4.74 Å². The Morgan fingerprint density at radius 3 is 3.33 bits per heavy atom. The molecule has 1 radical (unpaired) electrons. The first-order valence-corrected chi connectivity index (χ1v) is 4.26. The number of nitrogens with one attached hydrogen (secondary N) is 1. The summed E-state index contributed by atoms with van der Waals surface area (Å²) in [4.78, 5) is 10.5. The number of hydrogen-bond acceptors (Lipinski definition) is 4. The average Bonchev–Trinajstić information content (AvgIpc) is 2.74. The third-order valence-electron chi connectivity index (χ3n) is 1.25. The van der Waals surface area contributed by atoms with Crippen LogP contribution in [0.25, 0.3) is 0 Å². The third kappa shape index (κ3) is 1.62. The molecule has 0 unspecified atom stereocenters. The Morgan fingerprint density at radius 2 is 2.67 bits per heavy atom. The molecule has 12 heavy (non-hydrogen) atoms. The first-order valence-electron chi connectivity index (χ1n) is 3.38. The minimum atomic E-state index is 0.469. The van der Waals surface area contributed by atoms with Crippen molar-refractivity contribution in [2.24, 2.45) is 0 Å². The lowest BCUT2D eigenvalue weighted by Gasteiger charge is -1.96. The highest BCUT2D eigenvalue weighted by Crippen LogP contribution is 2.08. The molecule has 0 fully saturated rings. The molecule has 2 rings (SSSR count). The van der Waals surface area contributed by atoms with Gasteiger partial charge in [0, 0.05) is 11.6 Å². The Hall–Kier alpha value is -1.36. The number of imidazole rings is 1. The van der Waals surface area contributed by atoms with Gasteiger partial charge < -0.3 is 9.72 Å². The summed E-state index contributed by atoms with van der Waals surface area (Å²) >= 11 is 1.56. The molecule has 1 N–H and O–H groups in total. The molecule has 5 heteroatoms. The fourth-order valence-electron chi connectivity index (χ4n) is 0.748. The molecule has 0 amide bonds. The van der Waals surface area contributed by atoms with E-state index in [1.807, 2.05) is 5.38 Å². The van der Waals surface area contributed by atoms with E-state index in [0.717, 1.165) is 5.01 Å². The van der Waals surface area contributed by atoms with Gasteiger partial charge in [-0.1, -0.05) is 0 Å². The molecule has 0 aliphatic carbocycles. The van der Waals surface area contributed by atoms with Crippen LogP contribution >= 0.6 is 11.3 Å². The van der Waals surface area contributed by atoms with Crippen LogP contribution in [0.15, 0.2) is 17.8 Å². The van der Waals surface area contributed by atoms with Gasteiger partial charge in [-0.3, -0.25) is 0 Å². The van der Waals surface area contributed by atoms with Crippen molar-refractivity contribution in [3.05, 3.63) is 29.1 Å². The highest BCUT2D eigenvalue weighted by Gasteiger charge is 1.98. The lowest BCUT2D eigenvalue weighted by atomic mass is 10.7. The molecule has 61 valence electrons. The Balaban J connectivity index is 1.91. The van der Waals surface area contributed by atoms with Gasteiger partial charge >= 0.3 is 0 Å². The Labute approximate surface area is 73.3 Å². The second-order valence-electron chi connectivity index (χ2n) is 2.07. The second kappa shape index (κ2) is 3.36. The van der Waals surface area contributed by atoms with Gasteiger partial charge in [0.05, 0.1) is 6.20 Å². The summed E-state index contributed by atoms with van der Waals surface area (Å²) in [6.07, 6.45) is 5.94. The largest absolute Gasteiger partial charge is 0.469 e. The van der Waals surface area contributed by atoms with Crippen LogP contribution in [-0.2, 0) is 6.61 Å². The highest BCUT2D eigenvalue weighted by atomic mass is 32.1. The summed E-state index contributed by atoms with van der Waals surface area (Å²) in [5, 5.41) is 2.85. The Bertz CT molecular complexity index is 282. The maximum atomic E-state index is 5.26. The van der Waals surface area contributed by atoms with Crippen LogP contribution in [0.4, 0.5) is 0 Å². The first kappa shape index (κ1) is 7.30. The van der Waals surface area contributed by atoms with Crippen LogP contribution < -0.4 is 4.74 Å². The number of aromatic amines is 1. The number of H-pyrrole nitrogens is 1. The normalized spacial score (nSPS) is 10.0. The van der Waals surface area contributed by atoms with E-state index in [-0.39, 0.29) is 0 Å². The van der Waals surface area contributed by atoms with E-state index in [1.165, 1.54) is 0 Å². The monoisotopic (exact) mass is 180 g/mol. The van der Waals surface area contributed by atoms with Crippen LogP contribution in [0.5, 0.6) is 5.88 Å². The van der Waals surface area contributed by atoms with Crippen molar-refractivity contribution < 1.29 is 4.74 Å². The highest BCUT2D eigenvalue weighted by molar-refractivity contribution is 7.09. The van der Waals surface area contributed by atoms with Crippen molar-refractivity contribution in [1.82, 2.24) is 15.0 Å². The van der Waals surface area contributed by atoms with Gasteiger partial charge in [-0.05, 0) is 0 Å². The van der Waals surface area contributed by atoms with E-state index in [9.17, 15) is 0 Å². The van der Waals surface area contributed by atoms with E-state index < -0.39 is 0 Å². The molecule has 0 aliphatic rings. The summed E-state index contributed by atoms with van der Waals surface area (Å²) in [5.41, 5.74) is 0. The molecule has 2 heterocycles. The topological polar surface area (TPSA) is 50.8 Å². The van der Waals surface area contributed by atoms with Crippen molar-refractivity contribution in [2.45, 2.75) is 6.61 Å². The van der Waals surface area contributed by atoms with Crippen LogP contribution in [0.3, 0.4) is 0 Å². The van der Waals surface area contributed by atoms with Crippen LogP contribution in [0.2, 0.25) is 0 Å². The number of rotatable bonds is 3. The summed E-state index contributed by atoms with van der Waals surface area (Å²) in [5.74, 6) is 0.546. The molecular formula is C7H6N3OS. The van der Waals surface area contributed by atoms with Gasteiger partial charge in [0.25, 0.3) is 0 Å². The smallest absolute Gasteiger partial charge is 0.232 e. The number of ether oxygens (including phenoxy) is 1. The first-order chi connectivity index (χ1) is 5.95. The Kier molecular flexibility index (Phi) is 2.04. The zero-order valence-electron chi connectivity index (χ0n) is 6.15. The fraction of sp³-hybridized carbons (Fsp3) is 0.143. The van der Waals surface area contributed by atoms with Crippen molar-refractivity contribution in [3.8, 4) is 5.88 Å². The van der Waals surface area contributed by atoms with Crippen molar-refractivity contribution in [3.63, 3.8) is 0 Å². The molecule has 0 spiro atoms. The van der Waals surface area contributed by atoms with E-state index in [1.54, 1.807) is 23.7 Å². The lowest BCUT2D eigenvalue weighted by molar-refractivity contribution is 0.294. The van der Waals surface area contributed by atoms with E-state index in [0.29, 0.717) is 12.5 Å². The number of nitrogens with zero attached hydrogens (tertiary/aromatic N) is 2. The van der Waals surface area contributed by atoms with Gasteiger partial charge in [0.1, 0.15) is 11.6 Å². The number of hydrogen-bond donors (Lipinski definition) is 1. The molecular weight excluding hydrogens is 174 g/mol. The summed E-state index contributed by atoms with van der Waals surface area (Å²) in [6, 6.07) is 0. The predicted octanol–water partition coefficient (Wildman–Crippen LogP) is 1.25. The minimum absolute atomic E-state index is 0.469. The fourth-order valence-corrected chi connectivity index (χ4v) is 1.28. The predicted molar refractivity (Wildman–Crippen MR) is 43.9 cm³/mol. The molecule has 0 bridgehead atoms. The van der Waals surface area contributed by atoms with Gasteiger partial charge in [-0.15, -0.1) is 11.3 Å².